The Kier molecular flexibility index (Phi) is 24.1. The standard InChI is InChI=1S/C20H20P.C19H14BrCl.C18H10BrCl.C17H12BrClO.CH4O3S.ClH/c1-2-21(18-12-6-3-7-13-18,19-14-8-4-9-15-19)20-16-10-5-11-17-20;1-2-3-14-7-9-18(21)12-19(14)15-5-4-13-6-8-17(20)11-16(13)10-15;19-13-5-1-11-3-8-16-15(17(11)9-13)7-4-12-2-6-14(20)10-18(12)16;1-20-17-7-6-15(19)10-16(17)12-3-2-11-4-5-14(18)9-13(11)8-12;1-5(2,3)4;/h3-17H,2H2,1H3;2-12H,1H3;1-10H;2-10H,1H3;1H3,(H,2,3,4);1H/q+1;;;;;/p-1. The van der Waals surface area contributed by atoms with Gasteiger partial charge in [-0.25, -0.2) is 0 Å². The molecule has 88 heavy (non-hydrogen) atoms. The predicted molar refractivity (Wildman–Crippen MR) is 390 cm³/mol. The van der Waals surface area contributed by atoms with E-state index < -0.39 is 17.4 Å². The Labute approximate surface area is 563 Å². The van der Waals surface area contributed by atoms with E-state index in [1.165, 1.54) is 80.9 Å². The van der Waals surface area contributed by atoms with Crippen molar-refractivity contribution >= 4 is 176 Å². The first kappa shape index (κ1) is 67.6. The minimum Gasteiger partial charge on any atom is -1.00 e. The van der Waals surface area contributed by atoms with E-state index in [9.17, 15) is 8.42 Å². The molecule has 0 heterocycles. The number of methoxy groups -OCH3 is 1. The quantitative estimate of drug-likeness (QED) is 0.0935. The van der Waals surface area contributed by atoms with Crippen LogP contribution in [0.15, 0.2) is 280 Å². The monoisotopic (exact) mass is 1460 g/mol. The van der Waals surface area contributed by atoms with Crippen LogP contribution >= 0.6 is 89.9 Å². The second kappa shape index (κ2) is 31.4. The van der Waals surface area contributed by atoms with E-state index in [2.05, 4.69) is 273 Å². The zero-order valence-electron chi connectivity index (χ0n) is 48.4. The normalized spacial score (nSPS) is 11.1. The molecule has 0 aliphatic heterocycles. The van der Waals surface area contributed by atoms with Crippen LogP contribution in [0.1, 0.15) is 19.4 Å². The lowest BCUT2D eigenvalue weighted by atomic mass is 9.97. The SMILES string of the molecule is CC=Cc1ccc(Cl)cc1-c1ccc2ccc(Br)cc2c1.CC[P+](c1ccccc1)(c1ccccc1)c1ccccc1.COc1ccc(Cl)cc1-c1ccc2ccc(Br)cc2c1.CS(=O)(=O)O.Clc1ccc2ccc3c4cc(Br)ccc4ccc3c2c1.[Cl-]. The van der Waals surface area contributed by atoms with Gasteiger partial charge in [-0.05, 0) is 217 Å². The van der Waals surface area contributed by atoms with Crippen LogP contribution in [-0.2, 0) is 10.1 Å². The summed E-state index contributed by atoms with van der Waals surface area (Å²) in [5.41, 5.74) is 5.60. The van der Waals surface area contributed by atoms with Gasteiger partial charge in [0.05, 0.1) is 19.5 Å². The lowest BCUT2D eigenvalue weighted by molar-refractivity contribution is -0.0000204. The Morgan fingerprint density at radius 1 is 0.443 bits per heavy atom. The van der Waals surface area contributed by atoms with Crippen LogP contribution in [0.5, 0.6) is 5.75 Å². The number of ether oxygens (including phenoxy) is 1. The number of allylic oxidation sites excluding steroid dienone is 1. The van der Waals surface area contributed by atoms with Crippen molar-refractivity contribution in [3.05, 3.63) is 301 Å². The summed E-state index contributed by atoms with van der Waals surface area (Å²) in [7, 11) is -3.53. The third-order valence-electron chi connectivity index (χ3n) is 14.6. The van der Waals surface area contributed by atoms with Gasteiger partial charge in [-0.2, -0.15) is 8.42 Å². The summed E-state index contributed by atoms with van der Waals surface area (Å²) in [5, 5.41) is 18.9. The Hall–Kier alpha value is -6.36. The second-order valence-electron chi connectivity index (χ2n) is 20.3. The number of hydrogen-bond donors (Lipinski definition) is 1. The first-order valence-electron chi connectivity index (χ1n) is 27.8. The van der Waals surface area contributed by atoms with Crippen LogP contribution in [-0.4, -0.2) is 32.5 Å². The Bertz CT molecular complexity index is 4510. The van der Waals surface area contributed by atoms with Crippen molar-refractivity contribution < 1.29 is 30.1 Å². The molecular formula is C75H60Br3Cl4O4PS. The fourth-order valence-corrected chi connectivity index (χ4v) is 16.3. The third-order valence-corrected chi connectivity index (χ3v) is 21.2. The molecule has 13 heteroatoms. The molecule has 444 valence electrons. The van der Waals surface area contributed by atoms with Gasteiger partial charge in [0, 0.05) is 34.0 Å². The first-order valence-corrected chi connectivity index (χ1v) is 35.1. The number of halogens is 7. The molecule has 0 amide bonds. The topological polar surface area (TPSA) is 63.6 Å². The molecule has 0 unspecified atom stereocenters. The van der Waals surface area contributed by atoms with E-state index in [-0.39, 0.29) is 12.4 Å². The summed E-state index contributed by atoms with van der Waals surface area (Å²) in [6.45, 7) is 4.34. The van der Waals surface area contributed by atoms with Gasteiger partial charge in [-0.1, -0.05) is 228 Å². The highest BCUT2D eigenvalue weighted by Gasteiger charge is 2.43. The zero-order chi connectivity index (χ0) is 61.7. The highest BCUT2D eigenvalue weighted by atomic mass is 79.9. The van der Waals surface area contributed by atoms with E-state index in [1.807, 2.05) is 61.5 Å². The zero-order valence-corrected chi connectivity index (χ0v) is 57.9. The largest absolute Gasteiger partial charge is 1.00 e. The molecule has 1 N–H and O–H groups in total. The van der Waals surface area contributed by atoms with Gasteiger partial charge in [0.2, 0.25) is 0 Å². The molecule has 0 aliphatic rings. The molecule has 0 saturated heterocycles. The molecule has 0 bridgehead atoms. The van der Waals surface area contributed by atoms with Gasteiger partial charge >= 0.3 is 0 Å². The summed E-state index contributed by atoms with van der Waals surface area (Å²) in [4.78, 5) is 0. The van der Waals surface area contributed by atoms with Crippen LogP contribution in [0.4, 0.5) is 0 Å². The molecule has 0 saturated carbocycles. The molecule has 0 aliphatic carbocycles. The maximum Gasteiger partial charge on any atom is 0.261 e. The van der Waals surface area contributed by atoms with E-state index in [4.69, 9.17) is 44.1 Å². The van der Waals surface area contributed by atoms with Gasteiger partial charge in [-0.3, -0.25) is 4.55 Å². The fourth-order valence-electron chi connectivity index (χ4n) is 10.6. The smallest absolute Gasteiger partial charge is 0.261 e. The Morgan fingerprint density at radius 2 is 0.818 bits per heavy atom. The van der Waals surface area contributed by atoms with Gasteiger partial charge in [0.25, 0.3) is 10.1 Å². The molecule has 0 atom stereocenters. The molecule has 0 fully saturated rings. The van der Waals surface area contributed by atoms with Crippen LogP contribution in [0.2, 0.25) is 15.1 Å². The molecule has 4 nitrogen and oxygen atoms in total. The van der Waals surface area contributed by atoms with Crippen molar-refractivity contribution in [2.45, 2.75) is 13.8 Å². The number of rotatable bonds is 8. The summed E-state index contributed by atoms with van der Waals surface area (Å²) in [5.74, 6) is 0.823. The van der Waals surface area contributed by atoms with Crippen molar-refractivity contribution in [2.75, 3.05) is 19.5 Å². The Balaban J connectivity index is 0.000000147. The molecule has 13 aromatic rings. The summed E-state index contributed by atoms with van der Waals surface area (Å²) in [6.07, 6.45) is 6.01. The van der Waals surface area contributed by atoms with E-state index in [1.54, 1.807) is 7.11 Å². The van der Waals surface area contributed by atoms with Gasteiger partial charge < -0.3 is 17.1 Å². The highest BCUT2D eigenvalue weighted by molar-refractivity contribution is 9.11. The van der Waals surface area contributed by atoms with E-state index >= 15 is 0 Å². The van der Waals surface area contributed by atoms with Crippen molar-refractivity contribution in [1.82, 2.24) is 0 Å². The number of hydrogen-bond acceptors (Lipinski definition) is 3. The lowest BCUT2D eigenvalue weighted by Crippen LogP contribution is -3.00. The second-order valence-corrected chi connectivity index (χ2v) is 29.6. The minimum atomic E-state index is -3.67. The molecule has 13 rings (SSSR count). The summed E-state index contributed by atoms with van der Waals surface area (Å²) in [6, 6.07) is 91.2. The van der Waals surface area contributed by atoms with Gasteiger partial charge in [0.15, 0.2) is 0 Å². The van der Waals surface area contributed by atoms with Crippen LogP contribution in [0.3, 0.4) is 0 Å². The van der Waals surface area contributed by atoms with Crippen molar-refractivity contribution in [3.63, 3.8) is 0 Å². The third kappa shape index (κ3) is 17.1. The molecule has 0 radical (unpaired) electrons. The first-order chi connectivity index (χ1) is 41.9. The van der Waals surface area contributed by atoms with Crippen LogP contribution < -0.4 is 33.1 Å². The highest BCUT2D eigenvalue weighted by Crippen LogP contribution is 2.54. The number of fused-ring (bicyclic) bond motifs is 7. The Morgan fingerprint density at radius 3 is 1.28 bits per heavy atom. The maximum absolute atomic E-state index is 9.19. The molecule has 0 spiro atoms. The van der Waals surface area contributed by atoms with Crippen molar-refractivity contribution in [1.29, 1.82) is 0 Å². The molecule has 13 aromatic carbocycles. The average molecular weight is 1470 g/mol. The van der Waals surface area contributed by atoms with Gasteiger partial charge in [0.1, 0.15) is 28.9 Å². The van der Waals surface area contributed by atoms with Crippen molar-refractivity contribution in [3.8, 4) is 28.0 Å². The average Bonchev–Trinajstić information content (AvgIpc) is 0.943. The summed E-state index contributed by atoms with van der Waals surface area (Å²) < 4.78 is 34.6. The van der Waals surface area contributed by atoms with Crippen molar-refractivity contribution in [2.24, 2.45) is 0 Å². The van der Waals surface area contributed by atoms with Crippen LogP contribution in [0.25, 0.3) is 82.2 Å². The maximum atomic E-state index is 9.19. The van der Waals surface area contributed by atoms with Gasteiger partial charge in [-0.15, -0.1) is 0 Å². The lowest BCUT2D eigenvalue weighted by Gasteiger charge is -2.26. The van der Waals surface area contributed by atoms with E-state index in [0.717, 1.165) is 52.1 Å². The molecular weight excluding hydrogens is 1410 g/mol. The van der Waals surface area contributed by atoms with Crippen LogP contribution in [0, 0.1) is 0 Å². The number of benzene rings is 13. The predicted octanol–water partition coefficient (Wildman–Crippen LogP) is 20.0. The minimum absolute atomic E-state index is 0. The summed E-state index contributed by atoms with van der Waals surface area (Å²) >= 11 is 29.0. The van der Waals surface area contributed by atoms with E-state index in [0.29, 0.717) is 11.3 Å². The fraction of sp³-hybridized carbons (Fsp3) is 0.0667. The molecule has 0 aromatic heterocycles.